The second kappa shape index (κ2) is 7.58. The third-order valence-electron chi connectivity index (χ3n) is 3.64. The van der Waals surface area contributed by atoms with E-state index in [9.17, 15) is 22.8 Å². The van der Waals surface area contributed by atoms with Crippen molar-refractivity contribution in [1.29, 1.82) is 0 Å². The maximum Gasteiger partial charge on any atom is 0.389 e. The number of carbonyl (C=O) groups is 2. The van der Waals surface area contributed by atoms with Crippen molar-refractivity contribution in [1.82, 2.24) is 15.0 Å². The molecule has 0 N–H and O–H groups in total. The second-order valence-corrected chi connectivity index (χ2v) is 5.32. The molecule has 0 aromatic carbocycles. The summed E-state index contributed by atoms with van der Waals surface area (Å²) in [7, 11) is 2.74. The van der Waals surface area contributed by atoms with Gasteiger partial charge in [0.2, 0.25) is 17.7 Å². The van der Waals surface area contributed by atoms with Crippen LogP contribution in [0.15, 0.2) is 12.1 Å². The first kappa shape index (κ1) is 18.8. The lowest BCUT2D eigenvalue weighted by Gasteiger charge is -2.28. The first-order valence-electron chi connectivity index (χ1n) is 7.54. The molecule has 0 radical (unpaired) electrons. The van der Waals surface area contributed by atoms with Crippen LogP contribution in [-0.4, -0.2) is 60.3 Å². The van der Waals surface area contributed by atoms with E-state index in [1.807, 2.05) is 0 Å². The molecular formula is C15H18F3N3O4. The van der Waals surface area contributed by atoms with Crippen molar-refractivity contribution in [3.05, 3.63) is 17.7 Å². The first-order valence-corrected chi connectivity index (χ1v) is 7.54. The number of alkyl halides is 3. The van der Waals surface area contributed by atoms with Crippen LogP contribution in [0.3, 0.4) is 0 Å². The highest BCUT2D eigenvalue weighted by molar-refractivity contribution is 5.97. The van der Waals surface area contributed by atoms with Gasteiger partial charge in [0.15, 0.2) is 0 Å². The Morgan fingerprint density at radius 3 is 2.44 bits per heavy atom. The molecule has 0 aliphatic carbocycles. The molecule has 1 fully saturated rings. The number of carbonyl (C=O) groups excluding carboxylic acids is 2. The molecule has 138 valence electrons. The van der Waals surface area contributed by atoms with Gasteiger partial charge < -0.3 is 9.47 Å². The molecular weight excluding hydrogens is 343 g/mol. The molecule has 0 bridgehead atoms. The van der Waals surface area contributed by atoms with Gasteiger partial charge in [0.1, 0.15) is 5.56 Å². The second-order valence-electron chi connectivity index (χ2n) is 5.32. The van der Waals surface area contributed by atoms with Gasteiger partial charge in [-0.1, -0.05) is 0 Å². The van der Waals surface area contributed by atoms with E-state index in [-0.39, 0.29) is 30.4 Å². The Bertz CT molecular complexity index is 651. The fourth-order valence-corrected chi connectivity index (χ4v) is 2.45. The summed E-state index contributed by atoms with van der Waals surface area (Å²) in [5.74, 6) is -1.06. The van der Waals surface area contributed by atoms with Gasteiger partial charge in [-0.3, -0.25) is 14.6 Å². The first-order chi connectivity index (χ1) is 11.8. The maximum atomic E-state index is 12.7. The van der Waals surface area contributed by atoms with Gasteiger partial charge in [-0.2, -0.15) is 18.2 Å². The van der Waals surface area contributed by atoms with Crippen LogP contribution in [0.4, 0.5) is 13.2 Å². The fourth-order valence-electron chi connectivity index (χ4n) is 2.45. The van der Waals surface area contributed by atoms with Gasteiger partial charge >= 0.3 is 6.18 Å². The van der Waals surface area contributed by atoms with E-state index in [1.165, 1.54) is 26.4 Å². The van der Waals surface area contributed by atoms with Gasteiger partial charge in [0, 0.05) is 25.6 Å². The number of rotatable bonds is 5. The lowest BCUT2D eigenvalue weighted by molar-refractivity contribution is -0.154. The van der Waals surface area contributed by atoms with Crippen LogP contribution in [0.5, 0.6) is 11.8 Å². The minimum Gasteiger partial charge on any atom is -0.481 e. The van der Waals surface area contributed by atoms with Gasteiger partial charge in [-0.15, -0.1) is 0 Å². The third-order valence-corrected chi connectivity index (χ3v) is 3.64. The number of hydrazine groups is 1. The Kier molecular flexibility index (Phi) is 5.70. The van der Waals surface area contributed by atoms with Crippen LogP contribution in [0.25, 0.3) is 0 Å². The number of nitrogens with zero attached hydrogens (tertiary/aromatic N) is 3. The average Bonchev–Trinajstić information content (AvgIpc) is 3.07. The highest BCUT2D eigenvalue weighted by atomic mass is 19.4. The van der Waals surface area contributed by atoms with E-state index in [0.29, 0.717) is 6.42 Å². The molecule has 0 atom stereocenters. The monoisotopic (exact) mass is 361 g/mol. The van der Waals surface area contributed by atoms with E-state index in [1.54, 1.807) is 0 Å². The van der Waals surface area contributed by atoms with Crippen molar-refractivity contribution in [2.24, 2.45) is 0 Å². The summed E-state index contributed by atoms with van der Waals surface area (Å²) >= 11 is 0. The lowest BCUT2D eigenvalue weighted by Crippen LogP contribution is -2.45. The molecule has 0 spiro atoms. The zero-order chi connectivity index (χ0) is 18.6. The van der Waals surface area contributed by atoms with Crippen LogP contribution in [0.1, 0.15) is 29.6 Å². The fraction of sp³-hybridized carbons (Fsp3) is 0.533. The Morgan fingerprint density at radius 2 is 1.84 bits per heavy atom. The summed E-state index contributed by atoms with van der Waals surface area (Å²) in [4.78, 5) is 28.7. The summed E-state index contributed by atoms with van der Waals surface area (Å²) < 4.78 is 46.9. The number of aromatic nitrogens is 1. The van der Waals surface area contributed by atoms with Crippen molar-refractivity contribution >= 4 is 11.8 Å². The summed E-state index contributed by atoms with van der Waals surface area (Å²) in [6.45, 7) is 0.417. The summed E-state index contributed by atoms with van der Waals surface area (Å²) in [6.07, 6.45) is -5.87. The normalized spacial score (nSPS) is 14.6. The molecule has 1 aromatic rings. The standard InChI is InChI=1S/C15H18F3N3O4/c1-24-11-5-4-10(13(19-11)25-2)14(23)21-9-3-8-20(21)12(22)6-7-15(16,17)18/h4-5H,3,6-9H2,1-2H3. The molecule has 1 aliphatic rings. The van der Waals surface area contributed by atoms with Gasteiger partial charge in [0.25, 0.3) is 5.91 Å². The molecule has 1 aliphatic heterocycles. The van der Waals surface area contributed by atoms with E-state index in [0.717, 1.165) is 10.0 Å². The van der Waals surface area contributed by atoms with Gasteiger partial charge in [0.05, 0.1) is 20.6 Å². The van der Waals surface area contributed by atoms with Crippen molar-refractivity contribution in [2.75, 3.05) is 27.3 Å². The van der Waals surface area contributed by atoms with Crippen molar-refractivity contribution in [3.63, 3.8) is 0 Å². The quantitative estimate of drug-likeness (QED) is 0.803. The third kappa shape index (κ3) is 4.52. The summed E-state index contributed by atoms with van der Waals surface area (Å²) in [5.41, 5.74) is 0.0961. The van der Waals surface area contributed by atoms with Crippen LogP contribution in [0, 0.1) is 0 Å². The molecule has 1 saturated heterocycles. The molecule has 1 aromatic heterocycles. The zero-order valence-electron chi connectivity index (χ0n) is 13.8. The molecule has 2 heterocycles. The van der Waals surface area contributed by atoms with Gasteiger partial charge in [-0.05, 0) is 12.5 Å². The van der Waals surface area contributed by atoms with E-state index in [2.05, 4.69) is 4.98 Å². The number of hydrogen-bond donors (Lipinski definition) is 0. The molecule has 0 unspecified atom stereocenters. The van der Waals surface area contributed by atoms with Crippen molar-refractivity contribution < 1.29 is 32.2 Å². The zero-order valence-corrected chi connectivity index (χ0v) is 13.8. The molecule has 7 nitrogen and oxygen atoms in total. The van der Waals surface area contributed by atoms with Crippen molar-refractivity contribution in [2.45, 2.75) is 25.4 Å². The highest BCUT2D eigenvalue weighted by Gasteiger charge is 2.35. The number of ether oxygens (including phenoxy) is 2. The van der Waals surface area contributed by atoms with Crippen LogP contribution in [0.2, 0.25) is 0 Å². The number of hydrogen-bond acceptors (Lipinski definition) is 5. The predicted octanol–water partition coefficient (Wildman–Crippen LogP) is 2.03. The predicted molar refractivity (Wildman–Crippen MR) is 80.0 cm³/mol. The van der Waals surface area contributed by atoms with E-state index < -0.39 is 30.8 Å². The molecule has 2 amide bonds. The maximum absolute atomic E-state index is 12.7. The van der Waals surface area contributed by atoms with E-state index >= 15 is 0 Å². The Hall–Kier alpha value is -2.52. The Balaban J connectivity index is 2.16. The molecule has 25 heavy (non-hydrogen) atoms. The molecule has 0 saturated carbocycles. The lowest BCUT2D eigenvalue weighted by atomic mass is 10.2. The number of pyridine rings is 1. The molecule has 10 heteroatoms. The highest BCUT2D eigenvalue weighted by Crippen LogP contribution is 2.26. The Morgan fingerprint density at radius 1 is 1.16 bits per heavy atom. The minimum atomic E-state index is -4.42. The number of methoxy groups -OCH3 is 2. The SMILES string of the molecule is COc1ccc(C(=O)N2CCCN2C(=O)CCC(F)(F)F)c(OC)n1. The summed E-state index contributed by atoms with van der Waals surface area (Å²) in [6, 6.07) is 2.89. The smallest absolute Gasteiger partial charge is 0.389 e. The Labute approximate surface area is 142 Å². The summed E-state index contributed by atoms with van der Waals surface area (Å²) in [5, 5.41) is 2.18. The molecule has 2 rings (SSSR count). The topological polar surface area (TPSA) is 72.0 Å². The van der Waals surface area contributed by atoms with Gasteiger partial charge in [-0.25, -0.2) is 5.01 Å². The number of amides is 2. The largest absolute Gasteiger partial charge is 0.481 e. The average molecular weight is 361 g/mol. The minimum absolute atomic E-state index is 0.0129. The van der Waals surface area contributed by atoms with Crippen molar-refractivity contribution in [3.8, 4) is 11.8 Å². The van der Waals surface area contributed by atoms with Crippen LogP contribution < -0.4 is 9.47 Å². The van der Waals surface area contributed by atoms with Crippen LogP contribution in [-0.2, 0) is 4.79 Å². The van der Waals surface area contributed by atoms with Crippen LogP contribution >= 0.6 is 0 Å². The van der Waals surface area contributed by atoms with E-state index in [4.69, 9.17) is 9.47 Å². The number of halogens is 3.